The molecule has 0 saturated carbocycles. The van der Waals surface area contributed by atoms with Gasteiger partial charge in [0, 0.05) is 12.1 Å². The van der Waals surface area contributed by atoms with E-state index in [0.29, 0.717) is 4.47 Å². The molecule has 0 radical (unpaired) electrons. The highest BCUT2D eigenvalue weighted by atomic mass is 79.9. The van der Waals surface area contributed by atoms with Crippen LogP contribution in [-0.4, -0.2) is 23.0 Å². The Hall–Kier alpha value is -1.63. The van der Waals surface area contributed by atoms with Crippen LogP contribution in [0.4, 0.5) is 5.69 Å². The van der Waals surface area contributed by atoms with E-state index >= 15 is 0 Å². The first-order chi connectivity index (χ1) is 8.81. The lowest BCUT2D eigenvalue weighted by Gasteiger charge is -2.17. The molecule has 1 aromatic carbocycles. The van der Waals surface area contributed by atoms with Crippen LogP contribution in [0.3, 0.4) is 0 Å². The van der Waals surface area contributed by atoms with E-state index in [1.807, 2.05) is 13.8 Å². The lowest BCUT2D eigenvalue weighted by molar-refractivity contribution is -0.385. The Morgan fingerprint density at radius 1 is 1.42 bits per heavy atom. The number of nitrogens with zero attached hydrogens (tertiary/aromatic N) is 1. The molecule has 1 aromatic rings. The molecule has 1 N–H and O–H groups in total. The van der Waals surface area contributed by atoms with Crippen LogP contribution < -0.4 is 10.1 Å². The number of benzene rings is 1. The molecule has 0 aromatic heterocycles. The third kappa shape index (κ3) is 4.51. The third-order valence-corrected chi connectivity index (χ3v) is 2.88. The Balaban J connectivity index is 2.84. The van der Waals surface area contributed by atoms with Gasteiger partial charge in [-0.2, -0.15) is 0 Å². The fraction of sp³-hybridized carbons (Fsp3) is 0.417. The zero-order valence-corrected chi connectivity index (χ0v) is 12.4. The van der Waals surface area contributed by atoms with Crippen molar-refractivity contribution in [3.63, 3.8) is 0 Å². The predicted molar refractivity (Wildman–Crippen MR) is 74.2 cm³/mol. The van der Waals surface area contributed by atoms with Crippen molar-refractivity contribution in [2.75, 3.05) is 0 Å². The van der Waals surface area contributed by atoms with Gasteiger partial charge in [0.25, 0.3) is 11.6 Å². The van der Waals surface area contributed by atoms with E-state index in [4.69, 9.17) is 4.74 Å². The molecule has 0 saturated heterocycles. The summed E-state index contributed by atoms with van der Waals surface area (Å²) in [5.41, 5.74) is -0.0883. The smallest absolute Gasteiger partial charge is 0.273 e. The highest BCUT2D eigenvalue weighted by Gasteiger charge is 2.18. The van der Waals surface area contributed by atoms with Gasteiger partial charge in [-0.1, -0.05) is 0 Å². The average Bonchev–Trinajstić information content (AvgIpc) is 2.30. The summed E-state index contributed by atoms with van der Waals surface area (Å²) in [6, 6.07) is 4.16. The summed E-state index contributed by atoms with van der Waals surface area (Å²) >= 11 is 3.23. The Labute approximate surface area is 119 Å². The zero-order valence-electron chi connectivity index (χ0n) is 10.8. The van der Waals surface area contributed by atoms with Gasteiger partial charge in [-0.15, -0.1) is 0 Å². The molecule has 1 amide bonds. The molecule has 0 aliphatic rings. The summed E-state index contributed by atoms with van der Waals surface area (Å²) in [5.74, 6) is -0.00554. The van der Waals surface area contributed by atoms with Crippen molar-refractivity contribution in [2.24, 2.45) is 0 Å². The van der Waals surface area contributed by atoms with Crippen LogP contribution in [0.25, 0.3) is 0 Å². The number of amides is 1. The van der Waals surface area contributed by atoms with Gasteiger partial charge < -0.3 is 10.1 Å². The number of nitrogens with one attached hydrogen (secondary N) is 1. The van der Waals surface area contributed by atoms with Crippen LogP contribution >= 0.6 is 15.9 Å². The summed E-state index contributed by atoms with van der Waals surface area (Å²) in [4.78, 5) is 21.9. The van der Waals surface area contributed by atoms with Gasteiger partial charge in [-0.25, -0.2) is 0 Å². The topological polar surface area (TPSA) is 81.5 Å². The van der Waals surface area contributed by atoms with Crippen molar-refractivity contribution in [1.29, 1.82) is 0 Å². The van der Waals surface area contributed by atoms with E-state index in [9.17, 15) is 14.9 Å². The minimum absolute atomic E-state index is 0.00657. The second kappa shape index (κ2) is 6.51. The van der Waals surface area contributed by atoms with E-state index in [2.05, 4.69) is 21.2 Å². The van der Waals surface area contributed by atoms with Crippen LogP contribution in [0.2, 0.25) is 0 Å². The fourth-order valence-corrected chi connectivity index (χ4v) is 1.68. The molecule has 0 spiro atoms. The lowest BCUT2D eigenvalue weighted by Crippen LogP contribution is -2.40. The number of carbonyl (C=O) groups excluding carboxylic acids is 1. The molecule has 0 aliphatic carbocycles. The molecule has 1 atom stereocenters. The molecule has 0 heterocycles. The highest BCUT2D eigenvalue weighted by Crippen LogP contribution is 2.30. The predicted octanol–water partition coefficient (Wildman–Crippen LogP) is 2.65. The van der Waals surface area contributed by atoms with Crippen molar-refractivity contribution < 1.29 is 14.5 Å². The maximum Gasteiger partial charge on any atom is 0.273 e. The fourth-order valence-electron chi connectivity index (χ4n) is 1.34. The van der Waals surface area contributed by atoms with Crippen LogP contribution in [0.15, 0.2) is 22.7 Å². The van der Waals surface area contributed by atoms with Gasteiger partial charge in [0.15, 0.2) is 6.10 Å². The molecule has 0 bridgehead atoms. The minimum atomic E-state index is -0.735. The lowest BCUT2D eigenvalue weighted by atomic mass is 10.3. The molecule has 1 unspecified atom stereocenters. The number of nitro benzene ring substituents is 1. The standard InChI is InChI=1S/C12H15BrN2O4/c1-7(2)14-12(16)8(3)19-11-6-9(15(17)18)4-5-10(11)13/h4-8H,1-3H3,(H,14,16). The van der Waals surface area contributed by atoms with Crippen molar-refractivity contribution in [3.8, 4) is 5.75 Å². The number of non-ortho nitro benzene ring substituents is 1. The van der Waals surface area contributed by atoms with Gasteiger partial charge >= 0.3 is 0 Å². The first-order valence-corrected chi connectivity index (χ1v) is 6.51. The van der Waals surface area contributed by atoms with Gasteiger partial charge in [0.1, 0.15) is 5.75 Å². The summed E-state index contributed by atoms with van der Waals surface area (Å²) in [7, 11) is 0. The molecular formula is C12H15BrN2O4. The third-order valence-electron chi connectivity index (χ3n) is 2.23. The van der Waals surface area contributed by atoms with Crippen LogP contribution in [0.5, 0.6) is 5.75 Å². The number of hydrogen-bond donors (Lipinski definition) is 1. The van der Waals surface area contributed by atoms with Gasteiger partial charge in [-0.3, -0.25) is 14.9 Å². The minimum Gasteiger partial charge on any atom is -0.479 e. The molecule has 0 fully saturated rings. The first-order valence-electron chi connectivity index (χ1n) is 5.72. The van der Waals surface area contributed by atoms with E-state index < -0.39 is 11.0 Å². The molecule has 104 valence electrons. The number of nitro groups is 1. The van der Waals surface area contributed by atoms with Crippen molar-refractivity contribution >= 4 is 27.5 Å². The number of halogens is 1. The summed E-state index contributed by atoms with van der Waals surface area (Å²) in [5, 5.41) is 13.4. The zero-order chi connectivity index (χ0) is 14.6. The van der Waals surface area contributed by atoms with E-state index in [1.165, 1.54) is 18.2 Å². The van der Waals surface area contributed by atoms with E-state index in [-0.39, 0.29) is 23.4 Å². The molecule has 19 heavy (non-hydrogen) atoms. The molecule has 0 aliphatic heterocycles. The number of rotatable bonds is 5. The first kappa shape index (κ1) is 15.4. The normalized spacial score (nSPS) is 12.1. The second-order valence-corrected chi connectivity index (χ2v) is 5.15. The van der Waals surface area contributed by atoms with Gasteiger partial charge in [-0.05, 0) is 42.8 Å². The Bertz CT molecular complexity index is 491. The Morgan fingerprint density at radius 2 is 2.05 bits per heavy atom. The van der Waals surface area contributed by atoms with Gasteiger partial charge in [0.05, 0.1) is 15.5 Å². The van der Waals surface area contributed by atoms with Crippen LogP contribution in [0.1, 0.15) is 20.8 Å². The average molecular weight is 331 g/mol. The Morgan fingerprint density at radius 3 is 2.58 bits per heavy atom. The van der Waals surface area contributed by atoms with Crippen molar-refractivity contribution in [2.45, 2.75) is 32.9 Å². The quantitative estimate of drug-likeness (QED) is 0.664. The van der Waals surface area contributed by atoms with E-state index in [1.54, 1.807) is 6.92 Å². The maximum absolute atomic E-state index is 11.7. The monoisotopic (exact) mass is 330 g/mol. The SMILES string of the molecule is CC(C)NC(=O)C(C)Oc1cc([N+](=O)[O-])ccc1Br. The van der Waals surface area contributed by atoms with Crippen LogP contribution in [0, 0.1) is 10.1 Å². The number of ether oxygens (including phenoxy) is 1. The number of hydrogen-bond acceptors (Lipinski definition) is 4. The maximum atomic E-state index is 11.7. The van der Waals surface area contributed by atoms with Crippen molar-refractivity contribution in [1.82, 2.24) is 5.32 Å². The molecule has 1 rings (SSSR count). The highest BCUT2D eigenvalue weighted by molar-refractivity contribution is 9.10. The second-order valence-electron chi connectivity index (χ2n) is 4.30. The molecule has 7 heteroatoms. The summed E-state index contributed by atoms with van der Waals surface area (Å²) < 4.78 is 5.99. The molecular weight excluding hydrogens is 316 g/mol. The summed E-state index contributed by atoms with van der Waals surface area (Å²) in [6.45, 7) is 5.27. The Kier molecular flexibility index (Phi) is 5.29. The van der Waals surface area contributed by atoms with Crippen molar-refractivity contribution in [3.05, 3.63) is 32.8 Å². The largest absolute Gasteiger partial charge is 0.479 e. The van der Waals surface area contributed by atoms with Gasteiger partial charge in [0.2, 0.25) is 0 Å². The number of carbonyl (C=O) groups is 1. The van der Waals surface area contributed by atoms with E-state index in [0.717, 1.165) is 0 Å². The molecule has 6 nitrogen and oxygen atoms in total. The van der Waals surface area contributed by atoms with Crippen LogP contribution in [-0.2, 0) is 4.79 Å². The summed E-state index contributed by atoms with van der Waals surface area (Å²) in [6.07, 6.45) is -0.735.